The van der Waals surface area contributed by atoms with E-state index in [9.17, 15) is 4.39 Å². The van der Waals surface area contributed by atoms with Crippen molar-refractivity contribution in [3.63, 3.8) is 0 Å². The SMILES string of the molecule is CN1C[C@@H](F)[C@H](n2nc(Nc3nc4ncc(Oc5cnn6ccncc56)c(Cl)c4n3C)cc2C(C)(C)C)C1. The van der Waals surface area contributed by atoms with Crippen molar-refractivity contribution < 1.29 is 9.13 Å². The van der Waals surface area contributed by atoms with Gasteiger partial charge in [-0.2, -0.15) is 15.2 Å². The normalized spacial score (nSPS) is 18.6. The number of aryl methyl sites for hydroxylation is 1. The van der Waals surface area contributed by atoms with Crippen molar-refractivity contribution in [1.29, 1.82) is 0 Å². The van der Waals surface area contributed by atoms with Crippen LogP contribution in [-0.2, 0) is 12.5 Å². The average Bonchev–Trinajstić information content (AvgIpc) is 3.62. The minimum absolute atomic E-state index is 0.231. The molecule has 0 aliphatic carbocycles. The lowest BCUT2D eigenvalue weighted by atomic mass is 9.91. The number of fused-ring (bicyclic) bond motifs is 2. The Morgan fingerprint density at radius 2 is 1.95 bits per heavy atom. The van der Waals surface area contributed by atoms with Crippen LogP contribution in [0.15, 0.2) is 37.1 Å². The molecule has 0 unspecified atom stereocenters. The molecule has 198 valence electrons. The van der Waals surface area contributed by atoms with Gasteiger partial charge in [0.1, 0.15) is 22.2 Å². The lowest BCUT2D eigenvalue weighted by molar-refractivity contribution is 0.258. The third-order valence-electron chi connectivity index (χ3n) is 6.77. The van der Waals surface area contributed by atoms with E-state index in [2.05, 4.69) is 46.1 Å². The van der Waals surface area contributed by atoms with Crippen molar-refractivity contribution in [1.82, 2.24) is 43.8 Å². The van der Waals surface area contributed by atoms with Crippen LogP contribution in [0, 0.1) is 0 Å². The Morgan fingerprint density at radius 3 is 2.68 bits per heavy atom. The van der Waals surface area contributed by atoms with Gasteiger partial charge in [0.05, 0.1) is 24.6 Å². The van der Waals surface area contributed by atoms with Gasteiger partial charge in [-0.05, 0) is 7.05 Å². The Kier molecular flexibility index (Phi) is 5.76. The number of likely N-dealkylation sites (N-methyl/N-ethyl adjacent to an activating group) is 1. The van der Waals surface area contributed by atoms with Gasteiger partial charge in [0.25, 0.3) is 0 Å². The summed E-state index contributed by atoms with van der Waals surface area (Å²) >= 11 is 6.77. The summed E-state index contributed by atoms with van der Waals surface area (Å²) in [5.74, 6) is 1.94. The van der Waals surface area contributed by atoms with Crippen LogP contribution in [0.4, 0.5) is 16.2 Å². The molecule has 1 N–H and O–H groups in total. The highest BCUT2D eigenvalue weighted by molar-refractivity contribution is 6.36. The minimum atomic E-state index is -0.991. The fraction of sp³-hybridized carbons (Fsp3) is 0.400. The van der Waals surface area contributed by atoms with Gasteiger partial charge in [0.2, 0.25) is 5.95 Å². The molecule has 0 spiro atoms. The first-order chi connectivity index (χ1) is 18.1. The number of nitrogens with one attached hydrogen (secondary N) is 1. The molecule has 0 amide bonds. The van der Waals surface area contributed by atoms with Crippen molar-refractivity contribution >= 4 is 40.0 Å². The van der Waals surface area contributed by atoms with E-state index in [-0.39, 0.29) is 11.5 Å². The molecule has 5 aromatic heterocycles. The molecule has 38 heavy (non-hydrogen) atoms. The van der Waals surface area contributed by atoms with E-state index in [1.165, 1.54) is 6.20 Å². The average molecular weight is 539 g/mol. The zero-order chi connectivity index (χ0) is 26.8. The van der Waals surface area contributed by atoms with Crippen LogP contribution in [0.1, 0.15) is 32.5 Å². The van der Waals surface area contributed by atoms with Crippen LogP contribution < -0.4 is 10.1 Å². The Hall–Kier alpha value is -3.77. The molecule has 0 saturated carbocycles. The number of hydrogen-bond donors (Lipinski definition) is 1. The zero-order valence-corrected chi connectivity index (χ0v) is 22.5. The number of nitrogens with zero attached hydrogens (tertiary/aromatic N) is 9. The van der Waals surface area contributed by atoms with Crippen LogP contribution in [0.25, 0.3) is 16.7 Å². The number of pyridine rings is 1. The van der Waals surface area contributed by atoms with Gasteiger partial charge in [-0.15, -0.1) is 0 Å². The molecular weight excluding hydrogens is 511 g/mol. The van der Waals surface area contributed by atoms with Gasteiger partial charge >= 0.3 is 0 Å². The second-order valence-corrected chi connectivity index (χ2v) is 11.0. The molecular formula is C25H28ClFN10O. The Balaban J connectivity index is 1.34. The van der Waals surface area contributed by atoms with Gasteiger partial charge in [-0.1, -0.05) is 32.4 Å². The highest BCUT2D eigenvalue weighted by Crippen LogP contribution is 2.37. The maximum Gasteiger partial charge on any atom is 0.210 e. The third-order valence-corrected chi connectivity index (χ3v) is 7.14. The second-order valence-electron chi connectivity index (χ2n) is 10.7. The van der Waals surface area contributed by atoms with Gasteiger partial charge in [0.15, 0.2) is 23.0 Å². The van der Waals surface area contributed by atoms with E-state index >= 15 is 0 Å². The number of aromatic nitrogens is 8. The topological polar surface area (TPSA) is 103 Å². The first-order valence-corrected chi connectivity index (χ1v) is 12.6. The number of alkyl halides is 1. The first kappa shape index (κ1) is 24.6. The van der Waals surface area contributed by atoms with Crippen LogP contribution in [0.2, 0.25) is 5.02 Å². The Labute approximate surface area is 223 Å². The van der Waals surface area contributed by atoms with Crippen molar-refractivity contribution in [2.75, 3.05) is 25.5 Å². The molecule has 1 aliphatic heterocycles. The number of imidazole rings is 1. The van der Waals surface area contributed by atoms with E-state index in [0.29, 0.717) is 58.1 Å². The van der Waals surface area contributed by atoms with Gasteiger partial charge in [-0.25, -0.2) is 13.9 Å². The highest BCUT2D eigenvalue weighted by atomic mass is 35.5. The standard InChI is InChI=1S/C25H28ClFN10O/c1-25(2,3)19-8-20(33-37(19)16-13-34(4)12-14(16)27)31-24-32-23-22(35(24)5)21(26)18(10-29-23)38-17-11-30-36-7-6-28-9-15(17)36/h6-11,14,16H,12-13H2,1-5H3,(H,29,31,32,33)/t14-,16-/m1/s1. The molecule has 1 fully saturated rings. The monoisotopic (exact) mass is 538 g/mol. The molecule has 0 bridgehead atoms. The van der Waals surface area contributed by atoms with E-state index in [1.807, 2.05) is 29.7 Å². The molecule has 11 nitrogen and oxygen atoms in total. The summed E-state index contributed by atoms with van der Waals surface area (Å²) in [5, 5.41) is 12.7. The molecule has 1 saturated heterocycles. The smallest absolute Gasteiger partial charge is 0.210 e. The van der Waals surface area contributed by atoms with Gasteiger partial charge in [0, 0.05) is 49.7 Å². The molecule has 0 radical (unpaired) electrons. The Bertz CT molecular complexity index is 1650. The van der Waals surface area contributed by atoms with Crippen molar-refractivity contribution in [2.45, 2.75) is 38.4 Å². The number of likely N-dealkylation sites (tertiary alicyclic amines) is 1. The molecule has 5 aromatic rings. The summed E-state index contributed by atoms with van der Waals surface area (Å²) in [6, 6.07) is 1.60. The van der Waals surface area contributed by atoms with Crippen molar-refractivity contribution in [3.05, 3.63) is 47.8 Å². The van der Waals surface area contributed by atoms with E-state index in [1.54, 1.807) is 33.9 Å². The lowest BCUT2D eigenvalue weighted by Crippen LogP contribution is -2.27. The fourth-order valence-electron chi connectivity index (χ4n) is 4.85. The summed E-state index contributed by atoms with van der Waals surface area (Å²) in [5.41, 5.74) is 2.45. The molecule has 13 heteroatoms. The summed E-state index contributed by atoms with van der Waals surface area (Å²) in [7, 11) is 3.76. The van der Waals surface area contributed by atoms with Crippen molar-refractivity contribution in [3.8, 4) is 11.5 Å². The summed E-state index contributed by atoms with van der Waals surface area (Å²) in [6.45, 7) is 7.27. The second kappa shape index (κ2) is 8.91. The zero-order valence-electron chi connectivity index (χ0n) is 21.7. The maximum atomic E-state index is 14.9. The Morgan fingerprint density at radius 1 is 1.13 bits per heavy atom. The van der Waals surface area contributed by atoms with E-state index < -0.39 is 6.17 Å². The summed E-state index contributed by atoms with van der Waals surface area (Å²) in [6.07, 6.45) is 7.18. The van der Waals surface area contributed by atoms with Crippen LogP contribution >= 0.6 is 11.6 Å². The first-order valence-electron chi connectivity index (χ1n) is 12.3. The number of rotatable bonds is 5. The predicted octanol–water partition coefficient (Wildman–Crippen LogP) is 4.52. The van der Waals surface area contributed by atoms with Gasteiger partial charge < -0.3 is 19.5 Å². The van der Waals surface area contributed by atoms with Crippen molar-refractivity contribution in [2.24, 2.45) is 7.05 Å². The molecule has 2 atom stereocenters. The van der Waals surface area contributed by atoms with Gasteiger partial charge in [-0.3, -0.25) is 9.67 Å². The number of hydrogen-bond acceptors (Lipinski definition) is 8. The largest absolute Gasteiger partial charge is 0.450 e. The highest BCUT2D eigenvalue weighted by Gasteiger charge is 2.36. The van der Waals surface area contributed by atoms with E-state index in [0.717, 1.165) is 5.69 Å². The van der Waals surface area contributed by atoms with Crippen LogP contribution in [0.3, 0.4) is 0 Å². The van der Waals surface area contributed by atoms with E-state index in [4.69, 9.17) is 21.4 Å². The summed E-state index contributed by atoms with van der Waals surface area (Å²) in [4.78, 5) is 15.2. The lowest BCUT2D eigenvalue weighted by Gasteiger charge is -2.24. The quantitative estimate of drug-likeness (QED) is 0.348. The number of ether oxygens (including phenoxy) is 1. The number of anilines is 2. The molecule has 1 aliphatic rings. The molecule has 6 heterocycles. The predicted molar refractivity (Wildman–Crippen MR) is 142 cm³/mol. The molecule has 6 rings (SSSR count). The van der Waals surface area contributed by atoms with Crippen LogP contribution in [0.5, 0.6) is 11.5 Å². The molecule has 0 aromatic carbocycles. The maximum absolute atomic E-state index is 14.9. The minimum Gasteiger partial charge on any atom is -0.450 e. The number of halogens is 2. The fourth-order valence-corrected chi connectivity index (χ4v) is 5.15. The van der Waals surface area contributed by atoms with Crippen LogP contribution in [-0.4, -0.2) is 70.1 Å². The third kappa shape index (κ3) is 4.13. The summed E-state index contributed by atoms with van der Waals surface area (Å²) < 4.78 is 26.2.